The van der Waals surface area contributed by atoms with Gasteiger partial charge >= 0.3 is 0 Å². The highest BCUT2D eigenvalue weighted by Gasteiger charge is 2.10. The van der Waals surface area contributed by atoms with E-state index < -0.39 is 0 Å². The monoisotopic (exact) mass is 278 g/mol. The van der Waals surface area contributed by atoms with Crippen LogP contribution >= 0.6 is 0 Å². The second-order valence-electron chi connectivity index (χ2n) is 5.24. The zero-order chi connectivity index (χ0) is 14.6. The smallest absolute Gasteiger partial charge is 0.126 e. The van der Waals surface area contributed by atoms with Crippen LogP contribution in [0.5, 0.6) is 11.5 Å². The number of hydrogen-bond acceptors (Lipinski definition) is 2. The van der Waals surface area contributed by atoms with Crippen LogP contribution in [0.15, 0.2) is 18.2 Å². The first-order chi connectivity index (χ1) is 9.83. The van der Waals surface area contributed by atoms with Gasteiger partial charge in [-0.25, -0.2) is 0 Å². The van der Waals surface area contributed by atoms with Crippen LogP contribution in [0.25, 0.3) is 0 Å². The van der Waals surface area contributed by atoms with Crippen LogP contribution < -0.4 is 9.47 Å². The molecule has 1 aromatic carbocycles. The van der Waals surface area contributed by atoms with Crippen molar-refractivity contribution in [1.29, 1.82) is 0 Å². The molecule has 0 radical (unpaired) electrons. The highest BCUT2D eigenvalue weighted by Crippen LogP contribution is 2.30. The highest BCUT2D eigenvalue weighted by molar-refractivity contribution is 5.45. The van der Waals surface area contributed by atoms with Crippen LogP contribution in [0.1, 0.15) is 64.9 Å². The van der Waals surface area contributed by atoms with E-state index in [0.29, 0.717) is 0 Å². The molecule has 20 heavy (non-hydrogen) atoms. The minimum atomic E-state index is 0.800. The van der Waals surface area contributed by atoms with Gasteiger partial charge in [0.05, 0.1) is 13.2 Å². The molecule has 0 heterocycles. The molecule has 0 atom stereocenters. The topological polar surface area (TPSA) is 18.5 Å². The van der Waals surface area contributed by atoms with Gasteiger partial charge in [-0.3, -0.25) is 0 Å². The Labute approximate surface area is 124 Å². The Balaban J connectivity index is 2.76. The molecule has 114 valence electrons. The van der Waals surface area contributed by atoms with Gasteiger partial charge in [-0.2, -0.15) is 0 Å². The lowest BCUT2D eigenvalue weighted by Gasteiger charge is -2.16. The fourth-order valence-electron chi connectivity index (χ4n) is 2.07. The number of benzene rings is 1. The molecular weight excluding hydrogens is 248 g/mol. The van der Waals surface area contributed by atoms with E-state index in [1.54, 1.807) is 0 Å². The van der Waals surface area contributed by atoms with Crippen molar-refractivity contribution in [2.75, 3.05) is 13.2 Å². The SMILES string of the molecule is CCCCOc1cccc(OCCCC)c1CCCC. The number of hydrogen-bond donors (Lipinski definition) is 0. The van der Waals surface area contributed by atoms with Crippen LogP contribution in [-0.4, -0.2) is 13.2 Å². The molecule has 0 fully saturated rings. The van der Waals surface area contributed by atoms with Crippen molar-refractivity contribution in [3.05, 3.63) is 23.8 Å². The van der Waals surface area contributed by atoms with Gasteiger partial charge in [0.25, 0.3) is 0 Å². The molecule has 0 amide bonds. The van der Waals surface area contributed by atoms with Gasteiger partial charge in [-0.05, 0) is 37.8 Å². The van der Waals surface area contributed by atoms with Crippen molar-refractivity contribution in [2.24, 2.45) is 0 Å². The van der Waals surface area contributed by atoms with Crippen LogP contribution in [0.2, 0.25) is 0 Å². The maximum atomic E-state index is 5.94. The van der Waals surface area contributed by atoms with Gasteiger partial charge in [0, 0.05) is 5.56 Å². The van der Waals surface area contributed by atoms with Crippen molar-refractivity contribution in [2.45, 2.75) is 65.7 Å². The summed E-state index contributed by atoms with van der Waals surface area (Å²) < 4.78 is 11.9. The van der Waals surface area contributed by atoms with Crippen LogP contribution in [-0.2, 0) is 6.42 Å². The van der Waals surface area contributed by atoms with E-state index in [9.17, 15) is 0 Å². The Morgan fingerprint density at radius 1 is 0.750 bits per heavy atom. The fourth-order valence-corrected chi connectivity index (χ4v) is 2.07. The normalized spacial score (nSPS) is 10.6. The summed E-state index contributed by atoms with van der Waals surface area (Å²) in [6.45, 7) is 8.19. The Morgan fingerprint density at radius 3 is 1.70 bits per heavy atom. The van der Waals surface area contributed by atoms with E-state index >= 15 is 0 Å². The van der Waals surface area contributed by atoms with Crippen LogP contribution in [0, 0.1) is 0 Å². The molecule has 2 heteroatoms. The minimum Gasteiger partial charge on any atom is -0.493 e. The first-order valence-corrected chi connectivity index (χ1v) is 8.20. The van der Waals surface area contributed by atoms with Crippen molar-refractivity contribution in [3.63, 3.8) is 0 Å². The Bertz CT molecular complexity index is 332. The Hall–Kier alpha value is -1.18. The molecule has 0 aromatic heterocycles. The summed E-state index contributed by atoms with van der Waals surface area (Å²) in [5, 5.41) is 0. The Kier molecular flexibility index (Phi) is 8.93. The summed E-state index contributed by atoms with van der Waals surface area (Å²) in [6, 6.07) is 6.19. The standard InChI is InChI=1S/C18H30O2/c1-4-7-11-16-17(19-14-8-5-2)12-10-13-18(16)20-15-9-6-3/h10,12-13H,4-9,11,14-15H2,1-3H3. The predicted octanol–water partition coefficient (Wildman–Crippen LogP) is 5.39. The molecular formula is C18H30O2. The maximum Gasteiger partial charge on any atom is 0.126 e. The molecule has 0 aliphatic carbocycles. The molecule has 0 saturated carbocycles. The molecule has 0 unspecified atom stereocenters. The van der Waals surface area contributed by atoms with Gasteiger partial charge in [-0.15, -0.1) is 0 Å². The summed E-state index contributed by atoms with van der Waals surface area (Å²) in [6.07, 6.45) is 7.95. The second kappa shape index (κ2) is 10.6. The quantitative estimate of drug-likeness (QED) is 0.505. The molecule has 0 N–H and O–H groups in total. The lowest BCUT2D eigenvalue weighted by atomic mass is 10.1. The maximum absolute atomic E-state index is 5.94. The summed E-state index contributed by atoms with van der Waals surface area (Å²) in [5.74, 6) is 2.03. The molecule has 1 rings (SSSR count). The highest BCUT2D eigenvalue weighted by atomic mass is 16.5. The summed E-state index contributed by atoms with van der Waals surface area (Å²) >= 11 is 0. The molecule has 0 spiro atoms. The van der Waals surface area contributed by atoms with Gasteiger partial charge in [0.15, 0.2) is 0 Å². The van der Waals surface area contributed by atoms with Gasteiger partial charge in [0.1, 0.15) is 11.5 Å². The van der Waals surface area contributed by atoms with Crippen molar-refractivity contribution < 1.29 is 9.47 Å². The molecule has 1 aromatic rings. The van der Waals surface area contributed by atoms with E-state index in [1.807, 2.05) is 6.07 Å². The summed E-state index contributed by atoms with van der Waals surface area (Å²) in [5.41, 5.74) is 1.25. The van der Waals surface area contributed by atoms with E-state index in [0.717, 1.165) is 56.8 Å². The van der Waals surface area contributed by atoms with Gasteiger partial charge in [0.2, 0.25) is 0 Å². The number of unbranched alkanes of at least 4 members (excludes halogenated alkanes) is 3. The molecule has 0 bridgehead atoms. The summed E-state index contributed by atoms with van der Waals surface area (Å²) in [4.78, 5) is 0. The van der Waals surface area contributed by atoms with E-state index in [-0.39, 0.29) is 0 Å². The second-order valence-corrected chi connectivity index (χ2v) is 5.24. The average Bonchev–Trinajstić information content (AvgIpc) is 2.47. The third-order valence-electron chi connectivity index (χ3n) is 3.38. The van der Waals surface area contributed by atoms with Crippen molar-refractivity contribution in [1.82, 2.24) is 0 Å². The zero-order valence-corrected chi connectivity index (χ0v) is 13.4. The fraction of sp³-hybridized carbons (Fsp3) is 0.667. The minimum absolute atomic E-state index is 0.800. The lowest BCUT2D eigenvalue weighted by molar-refractivity contribution is 0.288. The van der Waals surface area contributed by atoms with Gasteiger partial charge < -0.3 is 9.47 Å². The van der Waals surface area contributed by atoms with E-state index in [1.165, 1.54) is 18.4 Å². The lowest BCUT2D eigenvalue weighted by Crippen LogP contribution is -2.04. The van der Waals surface area contributed by atoms with E-state index in [4.69, 9.17) is 9.47 Å². The largest absolute Gasteiger partial charge is 0.493 e. The first kappa shape index (κ1) is 16.9. The van der Waals surface area contributed by atoms with E-state index in [2.05, 4.69) is 32.9 Å². The van der Waals surface area contributed by atoms with Crippen LogP contribution in [0.4, 0.5) is 0 Å². The number of rotatable bonds is 11. The van der Waals surface area contributed by atoms with Crippen molar-refractivity contribution in [3.8, 4) is 11.5 Å². The molecule has 2 nitrogen and oxygen atoms in total. The number of ether oxygens (including phenoxy) is 2. The third-order valence-corrected chi connectivity index (χ3v) is 3.38. The Morgan fingerprint density at radius 2 is 1.25 bits per heavy atom. The summed E-state index contributed by atoms with van der Waals surface area (Å²) in [7, 11) is 0. The van der Waals surface area contributed by atoms with Crippen molar-refractivity contribution >= 4 is 0 Å². The molecule has 0 aliphatic rings. The van der Waals surface area contributed by atoms with Gasteiger partial charge in [-0.1, -0.05) is 46.1 Å². The average molecular weight is 278 g/mol. The first-order valence-electron chi connectivity index (χ1n) is 8.20. The third kappa shape index (κ3) is 5.85. The molecule has 0 saturated heterocycles. The predicted molar refractivity (Wildman–Crippen MR) is 85.9 cm³/mol. The molecule has 0 aliphatic heterocycles. The van der Waals surface area contributed by atoms with Crippen LogP contribution in [0.3, 0.4) is 0 Å². The zero-order valence-electron chi connectivity index (χ0n) is 13.4.